The summed E-state index contributed by atoms with van der Waals surface area (Å²) in [6.45, 7) is 2.24. The van der Waals surface area contributed by atoms with E-state index in [2.05, 4.69) is 12.2 Å². The van der Waals surface area contributed by atoms with Gasteiger partial charge in [0.2, 0.25) is 0 Å². The molecular weight excluding hydrogens is 262 g/mol. The van der Waals surface area contributed by atoms with Gasteiger partial charge in [-0.15, -0.1) is 0 Å². The summed E-state index contributed by atoms with van der Waals surface area (Å²) in [5, 5.41) is 3.91. The highest BCUT2D eigenvalue weighted by atomic mass is 35.5. The molecule has 1 aliphatic carbocycles. The molecule has 1 aromatic carbocycles. The Morgan fingerprint density at radius 2 is 2.26 bits per heavy atom. The van der Waals surface area contributed by atoms with Gasteiger partial charge in [-0.2, -0.15) is 0 Å². The van der Waals surface area contributed by atoms with Crippen molar-refractivity contribution in [1.29, 1.82) is 0 Å². The maximum absolute atomic E-state index is 11.6. The third kappa shape index (κ3) is 3.41. The highest BCUT2D eigenvalue weighted by molar-refractivity contribution is 6.33. The summed E-state index contributed by atoms with van der Waals surface area (Å²) in [6.07, 6.45) is 4.92. The van der Waals surface area contributed by atoms with Crippen LogP contribution in [0.3, 0.4) is 0 Å². The number of hydrogen-bond acceptors (Lipinski definition) is 3. The second kappa shape index (κ2) is 6.29. The van der Waals surface area contributed by atoms with Crippen LogP contribution in [-0.2, 0) is 4.74 Å². The number of carbonyl (C=O) groups excluding carboxylic acids is 1. The summed E-state index contributed by atoms with van der Waals surface area (Å²) >= 11 is 6.00. The highest BCUT2D eigenvalue weighted by Gasteiger charge is 2.23. The van der Waals surface area contributed by atoms with Crippen LogP contribution in [0, 0.1) is 5.92 Å². The fraction of sp³-hybridized carbons (Fsp3) is 0.533. The number of halogens is 1. The molecule has 0 saturated heterocycles. The van der Waals surface area contributed by atoms with Gasteiger partial charge in [-0.05, 0) is 43.4 Å². The van der Waals surface area contributed by atoms with Gasteiger partial charge in [-0.3, -0.25) is 0 Å². The number of carbonyl (C=O) groups is 1. The predicted octanol–water partition coefficient (Wildman–Crippen LogP) is 4.12. The lowest BCUT2D eigenvalue weighted by Crippen LogP contribution is -2.16. The van der Waals surface area contributed by atoms with Gasteiger partial charge in [0.25, 0.3) is 0 Å². The molecule has 2 atom stereocenters. The third-order valence-corrected chi connectivity index (χ3v) is 4.19. The van der Waals surface area contributed by atoms with Crippen LogP contribution in [0.1, 0.15) is 43.0 Å². The molecule has 104 valence electrons. The number of nitrogens with one attached hydrogen (secondary N) is 1. The van der Waals surface area contributed by atoms with E-state index >= 15 is 0 Å². The van der Waals surface area contributed by atoms with Crippen LogP contribution < -0.4 is 5.32 Å². The van der Waals surface area contributed by atoms with Crippen LogP contribution in [0.5, 0.6) is 0 Å². The number of esters is 1. The third-order valence-electron chi connectivity index (χ3n) is 3.86. The number of hydrogen-bond donors (Lipinski definition) is 1. The van der Waals surface area contributed by atoms with Crippen LogP contribution in [0.4, 0.5) is 5.69 Å². The molecule has 3 nitrogen and oxygen atoms in total. The maximum Gasteiger partial charge on any atom is 0.339 e. The Morgan fingerprint density at radius 3 is 2.89 bits per heavy atom. The van der Waals surface area contributed by atoms with Crippen LogP contribution >= 0.6 is 11.6 Å². The number of methoxy groups -OCH3 is 1. The summed E-state index contributed by atoms with van der Waals surface area (Å²) in [5.74, 6) is 0.427. The summed E-state index contributed by atoms with van der Waals surface area (Å²) < 4.78 is 4.73. The monoisotopic (exact) mass is 281 g/mol. The van der Waals surface area contributed by atoms with Crippen molar-refractivity contribution in [2.75, 3.05) is 12.4 Å². The molecule has 1 fully saturated rings. The lowest BCUT2D eigenvalue weighted by Gasteiger charge is -2.15. The Morgan fingerprint density at radius 1 is 1.47 bits per heavy atom. The average molecular weight is 282 g/mol. The second-order valence-corrected chi connectivity index (χ2v) is 5.52. The van der Waals surface area contributed by atoms with Gasteiger partial charge in [-0.1, -0.05) is 24.9 Å². The minimum absolute atomic E-state index is 0.397. The Kier molecular flexibility index (Phi) is 4.70. The first kappa shape index (κ1) is 14.2. The Balaban J connectivity index is 2.07. The summed E-state index contributed by atoms with van der Waals surface area (Å²) in [7, 11) is 1.36. The van der Waals surface area contributed by atoms with Crippen molar-refractivity contribution in [2.24, 2.45) is 5.92 Å². The molecular formula is C15H20ClNO2. The van der Waals surface area contributed by atoms with Gasteiger partial charge in [-0.25, -0.2) is 4.79 Å². The molecule has 1 aliphatic rings. The first-order valence-corrected chi connectivity index (χ1v) is 7.16. The van der Waals surface area contributed by atoms with Crippen molar-refractivity contribution >= 4 is 23.3 Å². The van der Waals surface area contributed by atoms with Crippen molar-refractivity contribution in [1.82, 2.24) is 0 Å². The van der Waals surface area contributed by atoms with Crippen LogP contribution in [-0.4, -0.2) is 19.1 Å². The fourth-order valence-corrected chi connectivity index (χ4v) is 2.89. The number of ether oxygens (including phenoxy) is 1. The number of benzene rings is 1. The molecule has 19 heavy (non-hydrogen) atoms. The lowest BCUT2D eigenvalue weighted by molar-refractivity contribution is 0.0601. The van der Waals surface area contributed by atoms with E-state index in [1.807, 2.05) is 6.07 Å². The van der Waals surface area contributed by atoms with Gasteiger partial charge >= 0.3 is 5.97 Å². The highest BCUT2D eigenvalue weighted by Crippen LogP contribution is 2.31. The Labute approximate surface area is 119 Å². The minimum Gasteiger partial charge on any atom is -0.465 e. The average Bonchev–Trinajstić information content (AvgIpc) is 2.87. The van der Waals surface area contributed by atoms with Gasteiger partial charge in [0.1, 0.15) is 0 Å². The second-order valence-electron chi connectivity index (χ2n) is 5.11. The van der Waals surface area contributed by atoms with Crippen molar-refractivity contribution in [3.8, 4) is 0 Å². The molecule has 1 saturated carbocycles. The van der Waals surface area contributed by atoms with Crippen LogP contribution in [0.2, 0.25) is 5.02 Å². The molecule has 0 radical (unpaired) electrons. The zero-order chi connectivity index (χ0) is 13.8. The van der Waals surface area contributed by atoms with E-state index in [1.165, 1.54) is 32.8 Å². The zero-order valence-electron chi connectivity index (χ0n) is 11.4. The molecule has 1 N–H and O–H groups in total. The van der Waals surface area contributed by atoms with Gasteiger partial charge in [0.15, 0.2) is 0 Å². The quantitative estimate of drug-likeness (QED) is 0.844. The molecule has 0 spiro atoms. The van der Waals surface area contributed by atoms with E-state index in [9.17, 15) is 4.79 Å². The van der Waals surface area contributed by atoms with Gasteiger partial charge in [0, 0.05) is 11.7 Å². The summed E-state index contributed by atoms with van der Waals surface area (Å²) in [5.41, 5.74) is 1.35. The number of rotatable bonds is 4. The normalized spacial score (nSPS) is 22.3. The Bertz CT molecular complexity index is 461. The van der Waals surface area contributed by atoms with E-state index in [0.717, 1.165) is 11.6 Å². The first-order chi connectivity index (χ1) is 9.13. The number of anilines is 1. The smallest absolute Gasteiger partial charge is 0.339 e. The van der Waals surface area contributed by atoms with Crippen LogP contribution in [0.25, 0.3) is 0 Å². The van der Waals surface area contributed by atoms with E-state index < -0.39 is 5.97 Å². The van der Waals surface area contributed by atoms with Gasteiger partial charge in [0.05, 0.1) is 17.7 Å². The molecule has 0 aliphatic heterocycles. The standard InChI is InChI=1S/C15H20ClNO2/c1-3-10-4-5-11(8-10)17-12-6-7-14(16)13(9-12)15(18)19-2/h6-7,9-11,17H,3-5,8H2,1-2H3. The maximum atomic E-state index is 11.6. The van der Waals surface area contributed by atoms with Crippen molar-refractivity contribution in [3.63, 3.8) is 0 Å². The summed E-state index contributed by atoms with van der Waals surface area (Å²) in [4.78, 5) is 11.6. The summed E-state index contributed by atoms with van der Waals surface area (Å²) in [6, 6.07) is 5.92. The molecule has 4 heteroatoms. The molecule has 0 aromatic heterocycles. The molecule has 1 aromatic rings. The van der Waals surface area contributed by atoms with E-state index in [1.54, 1.807) is 12.1 Å². The van der Waals surface area contributed by atoms with Crippen LogP contribution in [0.15, 0.2) is 18.2 Å². The lowest BCUT2D eigenvalue weighted by atomic mass is 10.1. The van der Waals surface area contributed by atoms with E-state index in [-0.39, 0.29) is 0 Å². The fourth-order valence-electron chi connectivity index (χ4n) is 2.69. The van der Waals surface area contributed by atoms with E-state index in [4.69, 9.17) is 16.3 Å². The van der Waals surface area contributed by atoms with Gasteiger partial charge < -0.3 is 10.1 Å². The first-order valence-electron chi connectivity index (χ1n) is 6.78. The van der Waals surface area contributed by atoms with E-state index in [0.29, 0.717) is 16.6 Å². The molecule has 2 unspecified atom stereocenters. The Hall–Kier alpha value is -1.22. The van der Waals surface area contributed by atoms with Crippen molar-refractivity contribution in [2.45, 2.75) is 38.6 Å². The molecule has 0 amide bonds. The topological polar surface area (TPSA) is 38.3 Å². The predicted molar refractivity (Wildman–Crippen MR) is 77.8 cm³/mol. The largest absolute Gasteiger partial charge is 0.465 e. The molecule has 0 bridgehead atoms. The van der Waals surface area contributed by atoms with Crippen molar-refractivity contribution < 1.29 is 9.53 Å². The molecule has 0 heterocycles. The van der Waals surface area contributed by atoms with Crippen molar-refractivity contribution in [3.05, 3.63) is 28.8 Å². The minimum atomic E-state index is -0.397. The zero-order valence-corrected chi connectivity index (χ0v) is 12.2. The SMILES string of the molecule is CCC1CCC(Nc2ccc(Cl)c(C(=O)OC)c2)C1. The molecule has 2 rings (SSSR count).